The number of hydrogen-bond donors (Lipinski definition) is 1. The third-order valence-electron chi connectivity index (χ3n) is 7.24. The van der Waals surface area contributed by atoms with Gasteiger partial charge in [-0.25, -0.2) is 4.98 Å². The van der Waals surface area contributed by atoms with E-state index in [1.54, 1.807) is 0 Å². The van der Waals surface area contributed by atoms with Gasteiger partial charge in [0.2, 0.25) is 0 Å². The van der Waals surface area contributed by atoms with Gasteiger partial charge in [0, 0.05) is 18.0 Å². The smallest absolute Gasteiger partial charge is 0.261 e. The number of rotatable bonds is 3. The lowest BCUT2D eigenvalue weighted by Gasteiger charge is -2.33. The molecule has 0 spiro atoms. The molecular formula is C23H31N5O2. The topological polar surface area (TPSA) is 72.5 Å². The SMILES string of the molecule is CC(C)N1CCC(c2nc3cc4c(cc3[nH]2)C(=O)N(C2CCN(C)CC2)C4=O)CC1. The summed E-state index contributed by atoms with van der Waals surface area (Å²) in [5, 5.41) is 0. The molecule has 0 bridgehead atoms. The highest BCUT2D eigenvalue weighted by Crippen LogP contribution is 2.33. The minimum atomic E-state index is -0.152. The highest BCUT2D eigenvalue weighted by atomic mass is 16.2. The van der Waals surface area contributed by atoms with Gasteiger partial charge >= 0.3 is 0 Å². The maximum absolute atomic E-state index is 13.1. The molecule has 7 heteroatoms. The number of H-pyrrole nitrogens is 1. The first-order valence-corrected chi connectivity index (χ1v) is 11.3. The van der Waals surface area contributed by atoms with E-state index in [0.29, 0.717) is 23.1 Å². The van der Waals surface area contributed by atoms with Crippen molar-refractivity contribution in [2.45, 2.75) is 57.5 Å². The minimum Gasteiger partial charge on any atom is -0.342 e. The Hall–Kier alpha value is -2.25. The first-order valence-electron chi connectivity index (χ1n) is 11.3. The molecule has 2 saturated heterocycles. The van der Waals surface area contributed by atoms with Crippen molar-refractivity contribution in [3.8, 4) is 0 Å². The molecule has 1 N–H and O–H groups in total. The van der Waals surface area contributed by atoms with E-state index in [2.05, 4.69) is 35.7 Å². The number of imidazole rings is 1. The Bertz CT molecular complexity index is 928. The number of piperidine rings is 2. The van der Waals surface area contributed by atoms with E-state index < -0.39 is 0 Å². The average Bonchev–Trinajstić information content (AvgIpc) is 3.26. The third kappa shape index (κ3) is 3.24. The first kappa shape index (κ1) is 19.7. The summed E-state index contributed by atoms with van der Waals surface area (Å²) in [5.74, 6) is 1.10. The van der Waals surface area contributed by atoms with Crippen LogP contribution in [0.2, 0.25) is 0 Å². The molecule has 3 aliphatic rings. The number of hydrogen-bond acceptors (Lipinski definition) is 5. The molecule has 2 fully saturated rings. The molecule has 7 nitrogen and oxygen atoms in total. The predicted molar refractivity (Wildman–Crippen MR) is 116 cm³/mol. The van der Waals surface area contributed by atoms with E-state index in [-0.39, 0.29) is 17.9 Å². The number of amides is 2. The van der Waals surface area contributed by atoms with Crippen LogP contribution in [-0.2, 0) is 0 Å². The minimum absolute atomic E-state index is 0.00149. The summed E-state index contributed by atoms with van der Waals surface area (Å²) < 4.78 is 0. The number of benzene rings is 1. The molecule has 1 aromatic carbocycles. The summed E-state index contributed by atoms with van der Waals surface area (Å²) in [7, 11) is 2.08. The van der Waals surface area contributed by atoms with Gasteiger partial charge in [-0.1, -0.05) is 0 Å². The van der Waals surface area contributed by atoms with Gasteiger partial charge in [-0.2, -0.15) is 0 Å². The standard InChI is InChI=1S/C23H31N5O2/c1-14(2)27-10-4-15(5-11-27)21-24-19-12-17-18(13-20(19)25-21)23(30)28(22(17)29)16-6-8-26(3)9-7-16/h12-16H,4-11H2,1-3H3,(H,24,25). The summed E-state index contributed by atoms with van der Waals surface area (Å²) in [6.07, 6.45) is 3.85. The highest BCUT2D eigenvalue weighted by molar-refractivity contribution is 6.23. The number of likely N-dealkylation sites (tertiary alicyclic amines) is 2. The largest absolute Gasteiger partial charge is 0.342 e. The van der Waals surface area contributed by atoms with E-state index in [1.165, 1.54) is 4.90 Å². The van der Waals surface area contributed by atoms with Crippen LogP contribution in [0.1, 0.15) is 72.0 Å². The second-order valence-electron chi connectivity index (χ2n) is 9.46. The van der Waals surface area contributed by atoms with Gasteiger partial charge in [0.25, 0.3) is 11.8 Å². The van der Waals surface area contributed by atoms with Crippen LogP contribution in [-0.4, -0.2) is 81.8 Å². The number of aromatic nitrogens is 2. The fourth-order valence-corrected chi connectivity index (χ4v) is 5.25. The zero-order valence-corrected chi connectivity index (χ0v) is 18.1. The number of nitrogens with one attached hydrogen (secondary N) is 1. The van der Waals surface area contributed by atoms with Crippen LogP contribution in [0.4, 0.5) is 0 Å². The van der Waals surface area contributed by atoms with Crippen molar-refractivity contribution in [1.82, 2.24) is 24.7 Å². The molecule has 2 aromatic rings. The molecule has 1 aromatic heterocycles. The van der Waals surface area contributed by atoms with Gasteiger partial charge < -0.3 is 14.8 Å². The maximum atomic E-state index is 13.1. The maximum Gasteiger partial charge on any atom is 0.261 e. The van der Waals surface area contributed by atoms with Crippen LogP contribution in [0, 0.1) is 0 Å². The Morgan fingerprint density at radius 3 is 2.23 bits per heavy atom. The Morgan fingerprint density at radius 1 is 0.967 bits per heavy atom. The predicted octanol–water partition coefficient (Wildman–Crippen LogP) is 2.84. The molecule has 3 aliphatic heterocycles. The van der Waals surface area contributed by atoms with Crippen LogP contribution in [0.3, 0.4) is 0 Å². The van der Waals surface area contributed by atoms with Gasteiger partial charge in [0.15, 0.2) is 0 Å². The van der Waals surface area contributed by atoms with E-state index in [0.717, 1.165) is 68.7 Å². The highest BCUT2D eigenvalue weighted by Gasteiger charge is 2.41. The summed E-state index contributed by atoms with van der Waals surface area (Å²) in [6.45, 7) is 8.48. The lowest BCUT2D eigenvalue weighted by Crippen LogP contribution is -2.46. The number of carbonyl (C=O) groups excluding carboxylic acids is 2. The zero-order chi connectivity index (χ0) is 21.0. The Morgan fingerprint density at radius 2 is 1.60 bits per heavy atom. The lowest BCUT2D eigenvalue weighted by atomic mass is 9.95. The van der Waals surface area contributed by atoms with Crippen molar-refractivity contribution in [1.29, 1.82) is 0 Å². The molecule has 5 rings (SSSR count). The molecule has 4 heterocycles. The zero-order valence-electron chi connectivity index (χ0n) is 18.1. The molecular weight excluding hydrogens is 378 g/mol. The molecule has 160 valence electrons. The monoisotopic (exact) mass is 409 g/mol. The Balaban J connectivity index is 1.38. The van der Waals surface area contributed by atoms with Crippen molar-refractivity contribution in [2.24, 2.45) is 0 Å². The van der Waals surface area contributed by atoms with Crippen LogP contribution >= 0.6 is 0 Å². The number of carbonyl (C=O) groups is 2. The van der Waals surface area contributed by atoms with Gasteiger partial charge in [-0.05, 0) is 84.9 Å². The first-order chi connectivity index (χ1) is 14.4. The van der Waals surface area contributed by atoms with Gasteiger partial charge in [0.05, 0.1) is 22.2 Å². The van der Waals surface area contributed by atoms with Crippen molar-refractivity contribution in [2.75, 3.05) is 33.2 Å². The normalized spacial score (nSPS) is 22.6. The molecule has 0 unspecified atom stereocenters. The fraction of sp³-hybridized carbons (Fsp3) is 0.609. The summed E-state index contributed by atoms with van der Waals surface area (Å²) >= 11 is 0. The summed E-state index contributed by atoms with van der Waals surface area (Å²) in [4.78, 5) is 40.7. The lowest BCUT2D eigenvalue weighted by molar-refractivity contribution is 0.0516. The number of aromatic amines is 1. The van der Waals surface area contributed by atoms with E-state index in [9.17, 15) is 9.59 Å². The molecule has 0 atom stereocenters. The van der Waals surface area contributed by atoms with Gasteiger partial charge in [-0.3, -0.25) is 14.5 Å². The molecule has 0 aliphatic carbocycles. The quantitative estimate of drug-likeness (QED) is 0.790. The van der Waals surface area contributed by atoms with Gasteiger partial charge in [0.1, 0.15) is 5.82 Å². The second-order valence-corrected chi connectivity index (χ2v) is 9.46. The van der Waals surface area contributed by atoms with Crippen LogP contribution in [0.15, 0.2) is 12.1 Å². The number of nitrogens with zero attached hydrogens (tertiary/aromatic N) is 4. The molecule has 30 heavy (non-hydrogen) atoms. The van der Waals surface area contributed by atoms with E-state index >= 15 is 0 Å². The van der Waals surface area contributed by atoms with E-state index in [4.69, 9.17) is 4.98 Å². The Kier molecular flexibility index (Phi) is 4.90. The number of imide groups is 1. The van der Waals surface area contributed by atoms with Crippen molar-refractivity contribution < 1.29 is 9.59 Å². The third-order valence-corrected chi connectivity index (χ3v) is 7.24. The molecule has 0 radical (unpaired) electrons. The Labute approximate surface area is 177 Å². The van der Waals surface area contributed by atoms with Gasteiger partial charge in [-0.15, -0.1) is 0 Å². The summed E-state index contributed by atoms with van der Waals surface area (Å²) in [5.41, 5.74) is 2.69. The molecule has 2 amide bonds. The summed E-state index contributed by atoms with van der Waals surface area (Å²) in [6, 6.07) is 4.25. The van der Waals surface area contributed by atoms with Crippen LogP contribution < -0.4 is 0 Å². The average molecular weight is 410 g/mol. The fourth-order valence-electron chi connectivity index (χ4n) is 5.25. The van der Waals surface area contributed by atoms with Crippen molar-refractivity contribution in [3.63, 3.8) is 0 Å². The van der Waals surface area contributed by atoms with Crippen molar-refractivity contribution in [3.05, 3.63) is 29.1 Å². The number of fused-ring (bicyclic) bond motifs is 2. The van der Waals surface area contributed by atoms with Crippen molar-refractivity contribution >= 4 is 22.8 Å². The second kappa shape index (κ2) is 7.46. The molecule has 0 saturated carbocycles. The van der Waals surface area contributed by atoms with Crippen LogP contribution in [0.25, 0.3) is 11.0 Å². The van der Waals surface area contributed by atoms with Crippen LogP contribution in [0.5, 0.6) is 0 Å². The van der Waals surface area contributed by atoms with E-state index in [1.807, 2.05) is 12.1 Å².